The van der Waals surface area contributed by atoms with Crippen LogP contribution in [0.2, 0.25) is 0 Å². The molecule has 0 amide bonds. The smallest absolute Gasteiger partial charge is 0.119 e. The molecule has 0 radical (unpaired) electrons. The van der Waals surface area contributed by atoms with Gasteiger partial charge in [-0.1, -0.05) is 6.07 Å². The second-order valence-electron chi connectivity index (χ2n) is 4.96. The highest BCUT2D eigenvalue weighted by Crippen LogP contribution is 2.33. The molecular formula is C15H18N2O2. The highest BCUT2D eigenvalue weighted by atomic mass is 16.5. The number of hydrogen-bond donors (Lipinski definition) is 1. The standard InChI is InChI=1S/C15H18N2O2/c1-17-12(6-8-16-17)7-9-19-13-3-4-14-11(10-13)2-5-15(14)18/h3-4,6,8,10,15,18H,2,5,7,9H2,1H3/t15-/m0/s1. The molecule has 2 aromatic rings. The third-order valence-electron chi connectivity index (χ3n) is 3.71. The van der Waals surface area contributed by atoms with Gasteiger partial charge in [-0.15, -0.1) is 0 Å². The molecule has 100 valence electrons. The monoisotopic (exact) mass is 258 g/mol. The van der Waals surface area contributed by atoms with Crippen molar-refractivity contribution in [1.82, 2.24) is 9.78 Å². The number of aliphatic hydroxyl groups is 1. The van der Waals surface area contributed by atoms with Crippen LogP contribution in [-0.2, 0) is 19.9 Å². The van der Waals surface area contributed by atoms with Crippen LogP contribution in [0.5, 0.6) is 5.75 Å². The molecule has 19 heavy (non-hydrogen) atoms. The van der Waals surface area contributed by atoms with Gasteiger partial charge < -0.3 is 9.84 Å². The Balaban J connectivity index is 1.60. The van der Waals surface area contributed by atoms with Gasteiger partial charge in [0.15, 0.2) is 0 Å². The average Bonchev–Trinajstić information content (AvgIpc) is 2.97. The van der Waals surface area contributed by atoms with Crippen LogP contribution in [0.1, 0.15) is 29.3 Å². The minimum Gasteiger partial charge on any atom is -0.493 e. The van der Waals surface area contributed by atoms with E-state index >= 15 is 0 Å². The summed E-state index contributed by atoms with van der Waals surface area (Å²) in [6.07, 6.45) is 4.12. The summed E-state index contributed by atoms with van der Waals surface area (Å²) < 4.78 is 7.64. The number of aliphatic hydroxyl groups excluding tert-OH is 1. The Morgan fingerprint density at radius 2 is 2.32 bits per heavy atom. The zero-order valence-electron chi connectivity index (χ0n) is 11.0. The molecule has 1 heterocycles. The van der Waals surface area contributed by atoms with Crippen LogP contribution in [0.15, 0.2) is 30.5 Å². The number of nitrogens with zero attached hydrogens (tertiary/aromatic N) is 2. The van der Waals surface area contributed by atoms with Crippen molar-refractivity contribution in [2.24, 2.45) is 7.05 Å². The van der Waals surface area contributed by atoms with Gasteiger partial charge in [-0.2, -0.15) is 5.10 Å². The van der Waals surface area contributed by atoms with E-state index in [4.69, 9.17) is 4.74 Å². The van der Waals surface area contributed by atoms with Crippen LogP contribution < -0.4 is 4.74 Å². The minimum atomic E-state index is -0.293. The molecule has 1 aliphatic carbocycles. The summed E-state index contributed by atoms with van der Waals surface area (Å²) in [6, 6.07) is 7.97. The number of aromatic nitrogens is 2. The van der Waals surface area contributed by atoms with Gasteiger partial charge >= 0.3 is 0 Å². The lowest BCUT2D eigenvalue weighted by atomic mass is 10.1. The maximum absolute atomic E-state index is 9.75. The molecule has 0 saturated carbocycles. The Hall–Kier alpha value is -1.81. The third kappa shape index (κ3) is 2.49. The normalized spacial score (nSPS) is 17.5. The van der Waals surface area contributed by atoms with Crippen molar-refractivity contribution in [3.8, 4) is 5.75 Å². The Bertz CT molecular complexity index is 577. The molecule has 3 rings (SSSR count). The summed E-state index contributed by atoms with van der Waals surface area (Å²) >= 11 is 0. The maximum Gasteiger partial charge on any atom is 0.119 e. The lowest BCUT2D eigenvalue weighted by Crippen LogP contribution is -2.06. The number of aryl methyl sites for hydroxylation is 2. The lowest BCUT2D eigenvalue weighted by molar-refractivity contribution is 0.180. The van der Waals surface area contributed by atoms with Crippen molar-refractivity contribution in [2.45, 2.75) is 25.4 Å². The maximum atomic E-state index is 9.75. The van der Waals surface area contributed by atoms with Gasteiger partial charge in [-0.3, -0.25) is 4.68 Å². The first-order chi connectivity index (χ1) is 9.24. The fourth-order valence-corrected chi connectivity index (χ4v) is 2.58. The summed E-state index contributed by atoms with van der Waals surface area (Å²) in [5, 5.41) is 13.9. The van der Waals surface area contributed by atoms with Crippen molar-refractivity contribution < 1.29 is 9.84 Å². The van der Waals surface area contributed by atoms with E-state index in [2.05, 4.69) is 11.2 Å². The SMILES string of the molecule is Cn1nccc1CCOc1ccc2c(c1)CC[C@@H]2O. The summed E-state index contributed by atoms with van der Waals surface area (Å²) in [7, 11) is 1.94. The molecule has 1 N–H and O–H groups in total. The van der Waals surface area contributed by atoms with E-state index in [-0.39, 0.29) is 6.10 Å². The van der Waals surface area contributed by atoms with Crippen molar-refractivity contribution >= 4 is 0 Å². The number of benzene rings is 1. The van der Waals surface area contributed by atoms with Gasteiger partial charge in [0, 0.05) is 25.4 Å². The number of rotatable bonds is 4. The Morgan fingerprint density at radius 1 is 1.42 bits per heavy atom. The van der Waals surface area contributed by atoms with Gasteiger partial charge in [0.2, 0.25) is 0 Å². The van der Waals surface area contributed by atoms with E-state index in [0.717, 1.165) is 36.3 Å². The van der Waals surface area contributed by atoms with E-state index < -0.39 is 0 Å². The van der Waals surface area contributed by atoms with Gasteiger partial charge in [0.1, 0.15) is 5.75 Å². The quantitative estimate of drug-likeness (QED) is 0.912. The summed E-state index contributed by atoms with van der Waals surface area (Å²) in [6.45, 7) is 0.640. The molecule has 0 saturated heterocycles. The highest BCUT2D eigenvalue weighted by molar-refractivity contribution is 5.39. The summed E-state index contributed by atoms with van der Waals surface area (Å²) in [5.74, 6) is 0.884. The van der Waals surface area contributed by atoms with E-state index in [1.165, 1.54) is 5.56 Å². The summed E-state index contributed by atoms with van der Waals surface area (Å²) in [5.41, 5.74) is 3.43. The Morgan fingerprint density at radius 3 is 3.11 bits per heavy atom. The molecule has 4 heteroatoms. The minimum absolute atomic E-state index is 0.293. The molecule has 0 unspecified atom stereocenters. The van der Waals surface area contributed by atoms with Crippen LogP contribution >= 0.6 is 0 Å². The zero-order valence-corrected chi connectivity index (χ0v) is 11.0. The Kier molecular flexibility index (Phi) is 3.25. The van der Waals surface area contributed by atoms with Crippen LogP contribution in [0.3, 0.4) is 0 Å². The molecule has 1 aliphatic rings. The van der Waals surface area contributed by atoms with Crippen molar-refractivity contribution in [3.05, 3.63) is 47.3 Å². The van der Waals surface area contributed by atoms with Gasteiger partial charge in [-0.05, 0) is 42.2 Å². The van der Waals surface area contributed by atoms with Crippen molar-refractivity contribution in [2.75, 3.05) is 6.61 Å². The highest BCUT2D eigenvalue weighted by Gasteiger charge is 2.20. The zero-order chi connectivity index (χ0) is 13.2. The number of ether oxygens (including phenoxy) is 1. The molecule has 1 atom stereocenters. The first kappa shape index (κ1) is 12.2. The molecule has 0 fully saturated rings. The van der Waals surface area contributed by atoms with E-state index in [1.54, 1.807) is 6.20 Å². The lowest BCUT2D eigenvalue weighted by Gasteiger charge is -2.09. The second kappa shape index (κ2) is 5.05. The van der Waals surface area contributed by atoms with Gasteiger partial charge in [-0.25, -0.2) is 0 Å². The van der Waals surface area contributed by atoms with Crippen LogP contribution in [0.4, 0.5) is 0 Å². The summed E-state index contributed by atoms with van der Waals surface area (Å²) in [4.78, 5) is 0. The van der Waals surface area contributed by atoms with Gasteiger partial charge in [0.25, 0.3) is 0 Å². The molecular weight excluding hydrogens is 240 g/mol. The first-order valence-electron chi connectivity index (χ1n) is 6.64. The van der Waals surface area contributed by atoms with E-state index in [1.807, 2.05) is 29.9 Å². The predicted octanol–water partition coefficient (Wildman–Crippen LogP) is 2.02. The van der Waals surface area contributed by atoms with Crippen molar-refractivity contribution in [3.63, 3.8) is 0 Å². The van der Waals surface area contributed by atoms with E-state index in [9.17, 15) is 5.11 Å². The number of fused-ring (bicyclic) bond motifs is 1. The fourth-order valence-electron chi connectivity index (χ4n) is 2.58. The first-order valence-corrected chi connectivity index (χ1v) is 6.64. The van der Waals surface area contributed by atoms with Crippen LogP contribution in [0, 0.1) is 0 Å². The molecule has 1 aromatic carbocycles. The predicted molar refractivity (Wildman–Crippen MR) is 72.1 cm³/mol. The second-order valence-corrected chi connectivity index (χ2v) is 4.96. The molecule has 0 aliphatic heterocycles. The Labute approximate surface area is 112 Å². The van der Waals surface area contributed by atoms with Gasteiger partial charge in [0.05, 0.1) is 12.7 Å². The van der Waals surface area contributed by atoms with E-state index in [0.29, 0.717) is 6.61 Å². The van der Waals surface area contributed by atoms with Crippen LogP contribution in [-0.4, -0.2) is 21.5 Å². The van der Waals surface area contributed by atoms with Crippen LogP contribution in [0.25, 0.3) is 0 Å². The number of hydrogen-bond acceptors (Lipinski definition) is 3. The molecule has 0 bridgehead atoms. The van der Waals surface area contributed by atoms with Crippen molar-refractivity contribution in [1.29, 1.82) is 0 Å². The molecule has 1 aromatic heterocycles. The average molecular weight is 258 g/mol. The third-order valence-corrected chi connectivity index (χ3v) is 3.71. The molecule has 4 nitrogen and oxygen atoms in total. The largest absolute Gasteiger partial charge is 0.493 e. The fraction of sp³-hybridized carbons (Fsp3) is 0.400. The molecule has 0 spiro atoms. The topological polar surface area (TPSA) is 47.3 Å².